The summed E-state index contributed by atoms with van der Waals surface area (Å²) in [7, 11) is -2.28. The van der Waals surface area contributed by atoms with Crippen LogP contribution in [0.1, 0.15) is 42.6 Å². The van der Waals surface area contributed by atoms with Gasteiger partial charge in [0.2, 0.25) is 0 Å². The maximum Gasteiger partial charge on any atom is 0.262 e. The number of methoxy groups -OCH3 is 1. The highest BCUT2D eigenvalue weighted by Gasteiger charge is 2.17. The summed E-state index contributed by atoms with van der Waals surface area (Å²) >= 11 is 0. The van der Waals surface area contributed by atoms with E-state index in [1.165, 1.54) is 38.3 Å². The Hall–Kier alpha value is -2.34. The number of anilines is 1. The van der Waals surface area contributed by atoms with Crippen LogP contribution in [0.25, 0.3) is 0 Å². The molecule has 24 heavy (non-hydrogen) atoms. The van der Waals surface area contributed by atoms with Crippen LogP contribution in [0.4, 0.5) is 5.69 Å². The van der Waals surface area contributed by atoms with Crippen LogP contribution in [0.15, 0.2) is 47.4 Å². The lowest BCUT2D eigenvalue weighted by atomic mass is 10.0. The summed E-state index contributed by atoms with van der Waals surface area (Å²) < 4.78 is 33.0. The van der Waals surface area contributed by atoms with E-state index in [1.807, 2.05) is 19.9 Å². The molecule has 128 valence electrons. The van der Waals surface area contributed by atoms with Crippen molar-refractivity contribution in [1.29, 1.82) is 0 Å². The molecule has 6 heteroatoms. The third-order valence-electron chi connectivity index (χ3n) is 3.71. The molecule has 0 amide bonds. The average Bonchev–Trinajstić information content (AvgIpc) is 2.54. The molecule has 0 saturated heterocycles. The van der Waals surface area contributed by atoms with E-state index in [-0.39, 0.29) is 16.6 Å². The zero-order chi connectivity index (χ0) is 17.9. The van der Waals surface area contributed by atoms with Crippen molar-refractivity contribution < 1.29 is 17.9 Å². The van der Waals surface area contributed by atoms with Crippen LogP contribution in [0.3, 0.4) is 0 Å². The van der Waals surface area contributed by atoms with Crippen LogP contribution in [-0.4, -0.2) is 21.3 Å². The first kappa shape index (κ1) is 18.0. The fourth-order valence-corrected chi connectivity index (χ4v) is 3.30. The summed E-state index contributed by atoms with van der Waals surface area (Å²) in [5.41, 5.74) is 1.85. The molecule has 0 unspecified atom stereocenters. The Morgan fingerprint density at radius 1 is 1.08 bits per heavy atom. The molecule has 2 aromatic rings. The molecule has 0 radical (unpaired) electrons. The van der Waals surface area contributed by atoms with Gasteiger partial charge >= 0.3 is 0 Å². The van der Waals surface area contributed by atoms with Gasteiger partial charge in [0.25, 0.3) is 10.0 Å². The molecule has 5 nitrogen and oxygen atoms in total. The molecule has 2 aromatic carbocycles. The molecule has 0 aliphatic rings. The number of nitrogens with one attached hydrogen (secondary N) is 1. The lowest BCUT2D eigenvalue weighted by molar-refractivity contribution is 0.101. The zero-order valence-corrected chi connectivity index (χ0v) is 15.0. The number of hydrogen-bond donors (Lipinski definition) is 1. The van der Waals surface area contributed by atoms with Crippen molar-refractivity contribution in [3.8, 4) is 5.75 Å². The van der Waals surface area contributed by atoms with Crippen LogP contribution in [0.2, 0.25) is 0 Å². The average molecular weight is 347 g/mol. The monoisotopic (exact) mass is 347 g/mol. The summed E-state index contributed by atoms with van der Waals surface area (Å²) in [5, 5.41) is 0. The van der Waals surface area contributed by atoms with Crippen molar-refractivity contribution in [3.63, 3.8) is 0 Å². The molecule has 0 aliphatic heterocycles. The van der Waals surface area contributed by atoms with Crippen molar-refractivity contribution in [1.82, 2.24) is 0 Å². The Kier molecular flexibility index (Phi) is 5.29. The maximum absolute atomic E-state index is 12.6. The van der Waals surface area contributed by atoms with Crippen LogP contribution < -0.4 is 9.46 Å². The van der Waals surface area contributed by atoms with Crippen molar-refractivity contribution >= 4 is 21.5 Å². The highest BCUT2D eigenvalue weighted by molar-refractivity contribution is 7.92. The molecular formula is C18H21NO4S. The van der Waals surface area contributed by atoms with Gasteiger partial charge in [0.15, 0.2) is 5.78 Å². The summed E-state index contributed by atoms with van der Waals surface area (Å²) in [6.07, 6.45) is 0. The van der Waals surface area contributed by atoms with Crippen molar-refractivity contribution in [2.45, 2.75) is 31.6 Å². The fraction of sp³-hybridized carbons (Fsp3) is 0.278. The second kappa shape index (κ2) is 7.05. The normalized spacial score (nSPS) is 11.4. The van der Waals surface area contributed by atoms with E-state index in [1.54, 1.807) is 12.1 Å². The highest BCUT2D eigenvalue weighted by Crippen LogP contribution is 2.30. The Labute approximate surface area is 142 Å². The number of carbonyl (C=O) groups excluding carboxylic acids is 1. The van der Waals surface area contributed by atoms with Crippen molar-refractivity contribution in [2.75, 3.05) is 11.8 Å². The summed E-state index contributed by atoms with van der Waals surface area (Å²) in [4.78, 5) is 11.4. The molecule has 2 rings (SSSR count). The van der Waals surface area contributed by atoms with Gasteiger partial charge < -0.3 is 4.74 Å². The van der Waals surface area contributed by atoms with Gasteiger partial charge in [-0.3, -0.25) is 9.52 Å². The smallest absolute Gasteiger partial charge is 0.262 e. The summed E-state index contributed by atoms with van der Waals surface area (Å²) in [6.45, 7) is 5.49. The number of benzene rings is 2. The Bertz CT molecular complexity index is 840. The fourth-order valence-electron chi connectivity index (χ4n) is 2.24. The van der Waals surface area contributed by atoms with Crippen LogP contribution in [0.5, 0.6) is 5.75 Å². The minimum atomic E-state index is -3.77. The third kappa shape index (κ3) is 3.94. The van der Waals surface area contributed by atoms with E-state index in [9.17, 15) is 13.2 Å². The van der Waals surface area contributed by atoms with Crippen LogP contribution in [-0.2, 0) is 10.0 Å². The number of ketones is 1. The number of carbonyl (C=O) groups is 1. The number of Topliss-reactive ketones (excluding diaryl/α,β-unsaturated/α-hetero) is 1. The van der Waals surface area contributed by atoms with E-state index in [0.29, 0.717) is 17.0 Å². The van der Waals surface area contributed by atoms with E-state index in [4.69, 9.17) is 4.74 Å². The van der Waals surface area contributed by atoms with Gasteiger partial charge in [0, 0.05) is 5.56 Å². The van der Waals surface area contributed by atoms with Gasteiger partial charge in [0.05, 0.1) is 17.7 Å². The lowest BCUT2D eigenvalue weighted by Gasteiger charge is -2.15. The standard InChI is InChI=1S/C18H21NO4S/c1-12(2)15-7-10-18(23-4)17(11-15)19-24(21,22)16-8-5-14(6-9-16)13(3)20/h5-12,19H,1-4H3. The Balaban J connectivity index is 2.38. The zero-order valence-electron chi connectivity index (χ0n) is 14.2. The molecule has 0 heterocycles. The molecule has 0 atom stereocenters. The quantitative estimate of drug-likeness (QED) is 0.806. The highest BCUT2D eigenvalue weighted by atomic mass is 32.2. The maximum atomic E-state index is 12.6. The summed E-state index contributed by atoms with van der Waals surface area (Å²) in [5.74, 6) is 0.593. The van der Waals surface area contributed by atoms with Gasteiger partial charge in [-0.15, -0.1) is 0 Å². The predicted molar refractivity (Wildman–Crippen MR) is 94.3 cm³/mol. The van der Waals surface area contributed by atoms with Gasteiger partial charge in [0.1, 0.15) is 5.75 Å². The van der Waals surface area contributed by atoms with Gasteiger partial charge in [-0.25, -0.2) is 8.42 Å². The molecule has 0 fully saturated rings. The predicted octanol–water partition coefficient (Wildman–Crippen LogP) is 3.82. The molecule has 1 N–H and O–H groups in total. The SMILES string of the molecule is COc1ccc(C(C)C)cc1NS(=O)(=O)c1ccc(C(C)=O)cc1. The first-order valence-electron chi connectivity index (χ1n) is 7.56. The van der Waals surface area contributed by atoms with E-state index in [0.717, 1.165) is 5.56 Å². The van der Waals surface area contributed by atoms with Crippen molar-refractivity contribution in [3.05, 3.63) is 53.6 Å². The number of sulfonamides is 1. The van der Waals surface area contributed by atoms with E-state index in [2.05, 4.69) is 4.72 Å². The van der Waals surface area contributed by atoms with Crippen LogP contribution in [0, 0.1) is 0 Å². The minimum absolute atomic E-state index is 0.0875. The Morgan fingerprint density at radius 3 is 2.21 bits per heavy atom. The second-order valence-electron chi connectivity index (χ2n) is 5.80. The van der Waals surface area contributed by atoms with Gasteiger partial charge in [-0.2, -0.15) is 0 Å². The lowest BCUT2D eigenvalue weighted by Crippen LogP contribution is -2.14. The molecule has 0 aliphatic carbocycles. The minimum Gasteiger partial charge on any atom is -0.495 e. The van der Waals surface area contributed by atoms with Gasteiger partial charge in [-0.1, -0.05) is 32.0 Å². The number of rotatable bonds is 6. The Morgan fingerprint density at radius 2 is 1.71 bits per heavy atom. The van der Waals surface area contributed by atoms with E-state index < -0.39 is 10.0 Å². The molecule has 0 spiro atoms. The molecule has 0 bridgehead atoms. The second-order valence-corrected chi connectivity index (χ2v) is 7.48. The molecule has 0 aromatic heterocycles. The number of hydrogen-bond acceptors (Lipinski definition) is 4. The first-order chi connectivity index (χ1) is 11.2. The third-order valence-corrected chi connectivity index (χ3v) is 5.09. The van der Waals surface area contributed by atoms with Crippen LogP contribution >= 0.6 is 0 Å². The first-order valence-corrected chi connectivity index (χ1v) is 9.04. The summed E-state index contributed by atoms with van der Waals surface area (Å²) in [6, 6.07) is 11.2. The van der Waals surface area contributed by atoms with Crippen molar-refractivity contribution in [2.24, 2.45) is 0 Å². The van der Waals surface area contributed by atoms with Gasteiger partial charge in [-0.05, 0) is 42.7 Å². The topological polar surface area (TPSA) is 72.5 Å². The molecular weight excluding hydrogens is 326 g/mol. The largest absolute Gasteiger partial charge is 0.495 e. The molecule has 0 saturated carbocycles. The number of ether oxygens (including phenoxy) is 1. The van der Waals surface area contributed by atoms with E-state index >= 15 is 0 Å².